The average Bonchev–Trinajstić information content (AvgIpc) is 2.41. The molecule has 2 rings (SSSR count). The standard InChI is InChI=1S/C8H3F3OS2/c9-8(10,11)4-1-2-5-6(3-4)14-7(12)13-5/h1-3H. The lowest BCUT2D eigenvalue weighted by Gasteiger charge is -2.04. The van der Waals surface area contributed by atoms with Gasteiger partial charge in [-0.25, -0.2) is 0 Å². The third-order valence-electron chi connectivity index (χ3n) is 1.66. The fourth-order valence-electron chi connectivity index (χ4n) is 1.05. The first kappa shape index (κ1) is 9.67. The van der Waals surface area contributed by atoms with E-state index in [1.165, 1.54) is 6.07 Å². The van der Waals surface area contributed by atoms with Gasteiger partial charge in [-0.3, -0.25) is 4.79 Å². The first-order chi connectivity index (χ1) is 6.47. The summed E-state index contributed by atoms with van der Waals surface area (Å²) < 4.78 is 37.6. The van der Waals surface area contributed by atoms with E-state index in [-0.39, 0.29) is 4.06 Å². The molecule has 0 aliphatic carbocycles. The van der Waals surface area contributed by atoms with Gasteiger partial charge in [-0.2, -0.15) is 13.2 Å². The molecule has 0 radical (unpaired) electrons. The van der Waals surface area contributed by atoms with Crippen LogP contribution in [-0.4, -0.2) is 0 Å². The fraction of sp³-hybridized carbons (Fsp3) is 0.125. The molecule has 14 heavy (non-hydrogen) atoms. The largest absolute Gasteiger partial charge is 0.416 e. The molecule has 0 N–H and O–H groups in total. The lowest BCUT2D eigenvalue weighted by atomic mass is 10.2. The third kappa shape index (κ3) is 1.67. The molecule has 0 aliphatic heterocycles. The highest BCUT2D eigenvalue weighted by Crippen LogP contribution is 2.32. The van der Waals surface area contributed by atoms with Gasteiger partial charge < -0.3 is 0 Å². The first-order valence-electron chi connectivity index (χ1n) is 3.58. The molecule has 1 heterocycles. The zero-order valence-corrected chi connectivity index (χ0v) is 8.22. The molecule has 0 aliphatic rings. The monoisotopic (exact) mass is 236 g/mol. The zero-order chi connectivity index (χ0) is 10.3. The number of halogens is 3. The number of alkyl halides is 3. The van der Waals surface area contributed by atoms with Crippen LogP contribution in [-0.2, 0) is 6.18 Å². The minimum atomic E-state index is -4.34. The highest BCUT2D eigenvalue weighted by atomic mass is 32.2. The second-order valence-corrected chi connectivity index (χ2v) is 4.90. The Morgan fingerprint density at radius 1 is 1.07 bits per heavy atom. The summed E-state index contributed by atoms with van der Waals surface area (Å²) in [6.45, 7) is 0. The van der Waals surface area contributed by atoms with E-state index in [2.05, 4.69) is 0 Å². The Kier molecular flexibility index (Phi) is 2.11. The normalized spacial score (nSPS) is 12.2. The van der Waals surface area contributed by atoms with E-state index in [1.807, 2.05) is 0 Å². The zero-order valence-electron chi connectivity index (χ0n) is 6.59. The lowest BCUT2D eigenvalue weighted by molar-refractivity contribution is -0.137. The number of hydrogen-bond donors (Lipinski definition) is 0. The van der Waals surface area contributed by atoms with Crippen molar-refractivity contribution in [1.82, 2.24) is 0 Å². The van der Waals surface area contributed by atoms with Crippen LogP contribution in [0.25, 0.3) is 9.40 Å². The smallest absolute Gasteiger partial charge is 0.265 e. The van der Waals surface area contributed by atoms with Crippen molar-refractivity contribution in [2.24, 2.45) is 0 Å². The van der Waals surface area contributed by atoms with Gasteiger partial charge in [0.1, 0.15) is 0 Å². The van der Waals surface area contributed by atoms with Gasteiger partial charge in [0.25, 0.3) is 4.06 Å². The quantitative estimate of drug-likeness (QED) is 0.685. The molecular weight excluding hydrogens is 233 g/mol. The Hall–Kier alpha value is -0.880. The molecule has 74 valence electrons. The maximum Gasteiger partial charge on any atom is 0.416 e. The van der Waals surface area contributed by atoms with Crippen LogP contribution in [0.2, 0.25) is 0 Å². The van der Waals surface area contributed by atoms with Crippen molar-refractivity contribution in [2.45, 2.75) is 6.18 Å². The predicted octanol–water partition coefficient (Wildman–Crippen LogP) is 3.34. The summed E-state index contributed by atoms with van der Waals surface area (Å²) in [5.74, 6) is 0. The maximum absolute atomic E-state index is 12.3. The van der Waals surface area contributed by atoms with E-state index in [1.54, 1.807) is 0 Å². The van der Waals surface area contributed by atoms with Crippen molar-refractivity contribution >= 4 is 32.1 Å². The predicted molar refractivity (Wildman–Crippen MR) is 51.0 cm³/mol. The molecule has 0 saturated carbocycles. The Balaban J connectivity index is 2.67. The maximum atomic E-state index is 12.3. The molecule has 0 amide bonds. The van der Waals surface area contributed by atoms with Crippen molar-refractivity contribution in [3.63, 3.8) is 0 Å². The van der Waals surface area contributed by atoms with Gasteiger partial charge in [0, 0.05) is 9.40 Å². The number of fused-ring (bicyclic) bond motifs is 1. The summed E-state index contributed by atoms with van der Waals surface area (Å²) >= 11 is 1.81. The van der Waals surface area contributed by atoms with Crippen molar-refractivity contribution in [3.05, 3.63) is 32.6 Å². The summed E-state index contributed by atoms with van der Waals surface area (Å²) in [5, 5.41) is 0. The minimum Gasteiger partial charge on any atom is -0.265 e. The van der Waals surface area contributed by atoms with Gasteiger partial charge >= 0.3 is 6.18 Å². The molecule has 0 bridgehead atoms. The van der Waals surface area contributed by atoms with E-state index < -0.39 is 11.7 Å². The van der Waals surface area contributed by atoms with Crippen LogP contribution in [0.3, 0.4) is 0 Å². The van der Waals surface area contributed by atoms with Gasteiger partial charge in [-0.1, -0.05) is 22.7 Å². The van der Waals surface area contributed by atoms with Crippen molar-refractivity contribution < 1.29 is 13.2 Å². The minimum absolute atomic E-state index is 0.181. The van der Waals surface area contributed by atoms with E-state index in [0.29, 0.717) is 9.40 Å². The summed E-state index contributed by atoms with van der Waals surface area (Å²) in [5.41, 5.74) is -0.709. The summed E-state index contributed by atoms with van der Waals surface area (Å²) in [4.78, 5) is 10.9. The number of benzene rings is 1. The van der Waals surface area contributed by atoms with E-state index >= 15 is 0 Å². The molecule has 0 fully saturated rings. The molecule has 0 unspecified atom stereocenters. The fourth-order valence-corrected chi connectivity index (χ4v) is 3.01. The van der Waals surface area contributed by atoms with E-state index in [4.69, 9.17) is 0 Å². The molecule has 0 spiro atoms. The Morgan fingerprint density at radius 2 is 1.71 bits per heavy atom. The van der Waals surface area contributed by atoms with Crippen LogP contribution in [0.1, 0.15) is 5.56 Å². The van der Waals surface area contributed by atoms with Crippen molar-refractivity contribution in [3.8, 4) is 0 Å². The Morgan fingerprint density at radius 3 is 2.36 bits per heavy atom. The van der Waals surface area contributed by atoms with Crippen LogP contribution >= 0.6 is 22.7 Å². The molecule has 6 heteroatoms. The van der Waals surface area contributed by atoms with Crippen molar-refractivity contribution in [2.75, 3.05) is 0 Å². The Bertz CT molecular complexity index is 523. The highest BCUT2D eigenvalue weighted by Gasteiger charge is 2.30. The molecule has 0 saturated heterocycles. The summed E-state index contributed by atoms with van der Waals surface area (Å²) in [6.07, 6.45) is -4.34. The molecule has 2 aromatic rings. The van der Waals surface area contributed by atoms with Crippen LogP contribution in [0.15, 0.2) is 23.0 Å². The summed E-state index contributed by atoms with van der Waals surface area (Å²) in [7, 11) is 0. The number of hydrogen-bond acceptors (Lipinski definition) is 3. The average molecular weight is 236 g/mol. The first-order valence-corrected chi connectivity index (χ1v) is 5.21. The van der Waals surface area contributed by atoms with Gasteiger partial charge in [-0.15, -0.1) is 0 Å². The van der Waals surface area contributed by atoms with Gasteiger partial charge in [0.05, 0.1) is 5.56 Å². The van der Waals surface area contributed by atoms with E-state index in [9.17, 15) is 18.0 Å². The van der Waals surface area contributed by atoms with E-state index in [0.717, 1.165) is 34.8 Å². The second-order valence-electron chi connectivity index (χ2n) is 2.61. The highest BCUT2D eigenvalue weighted by molar-refractivity contribution is 7.35. The topological polar surface area (TPSA) is 17.1 Å². The SMILES string of the molecule is O=c1sc2ccc(C(F)(F)F)cc2s1. The van der Waals surface area contributed by atoms with Crippen molar-refractivity contribution in [1.29, 1.82) is 0 Å². The lowest BCUT2D eigenvalue weighted by Crippen LogP contribution is -2.03. The van der Waals surface area contributed by atoms with Crippen LogP contribution in [0, 0.1) is 0 Å². The van der Waals surface area contributed by atoms with Crippen LogP contribution < -0.4 is 4.06 Å². The molecular formula is C8H3F3OS2. The second kappa shape index (κ2) is 3.06. The molecule has 0 atom stereocenters. The van der Waals surface area contributed by atoms with Gasteiger partial charge in [0.15, 0.2) is 0 Å². The number of rotatable bonds is 0. The summed E-state index contributed by atoms with van der Waals surface area (Å²) in [6, 6.07) is 3.34. The molecule has 1 aromatic heterocycles. The van der Waals surface area contributed by atoms with Gasteiger partial charge in [0.2, 0.25) is 0 Å². The Labute approximate surface area is 84.4 Å². The van der Waals surface area contributed by atoms with Crippen LogP contribution in [0.4, 0.5) is 13.2 Å². The molecule has 1 aromatic carbocycles. The third-order valence-corrected chi connectivity index (χ3v) is 3.75. The van der Waals surface area contributed by atoms with Gasteiger partial charge in [-0.05, 0) is 18.2 Å². The van der Waals surface area contributed by atoms with Crippen LogP contribution in [0.5, 0.6) is 0 Å². The molecule has 1 nitrogen and oxygen atoms in total.